The molecule has 4 rings (SSSR count). The first-order valence-corrected chi connectivity index (χ1v) is 8.25. The summed E-state index contributed by atoms with van der Waals surface area (Å²) >= 11 is 1.51. The molecule has 6 heteroatoms. The minimum absolute atomic E-state index is 0.363. The normalized spacial score (nSPS) is 16.3. The molecule has 1 atom stereocenters. The van der Waals surface area contributed by atoms with Crippen molar-refractivity contribution in [3.63, 3.8) is 0 Å². The Hall–Kier alpha value is -2.47. The minimum atomic E-state index is -0.372. The van der Waals surface area contributed by atoms with Crippen LogP contribution in [0.15, 0.2) is 64.2 Å². The smallest absolute Gasteiger partial charge is 0.277 e. The third-order valence-corrected chi connectivity index (χ3v) is 4.30. The summed E-state index contributed by atoms with van der Waals surface area (Å²) in [7, 11) is 0. The van der Waals surface area contributed by atoms with Crippen molar-refractivity contribution in [2.24, 2.45) is 0 Å². The third-order valence-electron chi connectivity index (χ3n) is 3.41. The molecule has 0 fully saturated rings. The van der Waals surface area contributed by atoms with Gasteiger partial charge < -0.3 is 13.9 Å². The maximum Gasteiger partial charge on any atom is 0.277 e. The van der Waals surface area contributed by atoms with Crippen LogP contribution < -0.4 is 9.47 Å². The lowest BCUT2D eigenvalue weighted by Gasteiger charge is -2.23. The number of thioether (sulfide) groups is 1. The fourth-order valence-electron chi connectivity index (χ4n) is 2.27. The Morgan fingerprint density at radius 1 is 0.957 bits per heavy atom. The van der Waals surface area contributed by atoms with Gasteiger partial charge in [0.1, 0.15) is 6.61 Å². The highest BCUT2D eigenvalue weighted by Crippen LogP contribution is 2.36. The van der Waals surface area contributed by atoms with E-state index in [-0.39, 0.29) is 6.10 Å². The maximum absolute atomic E-state index is 5.86. The van der Waals surface area contributed by atoms with Gasteiger partial charge in [-0.05, 0) is 17.7 Å². The number of fused-ring (bicyclic) bond motifs is 1. The van der Waals surface area contributed by atoms with Crippen LogP contribution in [-0.4, -0.2) is 16.8 Å². The molecule has 5 nitrogen and oxygen atoms in total. The predicted molar refractivity (Wildman–Crippen MR) is 85.6 cm³/mol. The first kappa shape index (κ1) is 14.1. The zero-order valence-corrected chi connectivity index (χ0v) is 13.0. The summed E-state index contributed by atoms with van der Waals surface area (Å²) in [5, 5.41) is 8.69. The lowest BCUT2D eigenvalue weighted by molar-refractivity contribution is 0.0686. The molecule has 0 amide bonds. The zero-order chi connectivity index (χ0) is 15.5. The number of para-hydroxylation sites is 2. The van der Waals surface area contributed by atoms with Gasteiger partial charge in [0.25, 0.3) is 11.1 Å². The van der Waals surface area contributed by atoms with E-state index in [1.165, 1.54) is 17.3 Å². The Bertz CT molecular complexity index is 791. The highest BCUT2D eigenvalue weighted by Gasteiger charge is 2.27. The lowest BCUT2D eigenvalue weighted by atomic mass is 10.2. The first-order valence-electron chi connectivity index (χ1n) is 7.27. The van der Waals surface area contributed by atoms with Gasteiger partial charge in [0.15, 0.2) is 11.5 Å². The van der Waals surface area contributed by atoms with Crippen LogP contribution >= 0.6 is 11.8 Å². The molecule has 0 aliphatic carbocycles. The van der Waals surface area contributed by atoms with Gasteiger partial charge in [-0.15, -0.1) is 10.2 Å². The molecule has 116 valence electrons. The largest absolute Gasteiger partial charge is 0.485 e. The molecule has 1 aliphatic rings. The summed E-state index contributed by atoms with van der Waals surface area (Å²) in [5.41, 5.74) is 1.21. The van der Waals surface area contributed by atoms with Crippen molar-refractivity contribution in [3.8, 4) is 11.5 Å². The van der Waals surface area contributed by atoms with Crippen LogP contribution in [0.3, 0.4) is 0 Å². The van der Waals surface area contributed by atoms with Gasteiger partial charge in [-0.1, -0.05) is 54.2 Å². The molecule has 0 saturated carbocycles. The van der Waals surface area contributed by atoms with Gasteiger partial charge in [-0.25, -0.2) is 0 Å². The van der Waals surface area contributed by atoms with Crippen LogP contribution in [0.5, 0.6) is 11.5 Å². The quantitative estimate of drug-likeness (QED) is 0.678. The second kappa shape index (κ2) is 6.34. The van der Waals surface area contributed by atoms with Gasteiger partial charge in [0.05, 0.1) is 0 Å². The van der Waals surface area contributed by atoms with Crippen molar-refractivity contribution < 1.29 is 13.9 Å². The number of benzene rings is 2. The van der Waals surface area contributed by atoms with E-state index in [0.29, 0.717) is 23.5 Å². The minimum Gasteiger partial charge on any atom is -0.485 e. The van der Waals surface area contributed by atoms with Crippen molar-refractivity contribution in [2.75, 3.05) is 6.61 Å². The predicted octanol–water partition coefficient (Wildman–Crippen LogP) is 3.87. The van der Waals surface area contributed by atoms with E-state index in [9.17, 15) is 0 Å². The van der Waals surface area contributed by atoms with E-state index in [2.05, 4.69) is 22.3 Å². The van der Waals surface area contributed by atoms with Gasteiger partial charge in [-0.3, -0.25) is 0 Å². The van der Waals surface area contributed by atoms with Crippen LogP contribution in [0.2, 0.25) is 0 Å². The molecular weight excluding hydrogens is 312 g/mol. The molecule has 1 aliphatic heterocycles. The molecule has 1 unspecified atom stereocenters. The Morgan fingerprint density at radius 2 is 1.74 bits per heavy atom. The molecule has 0 saturated heterocycles. The van der Waals surface area contributed by atoms with Crippen LogP contribution in [-0.2, 0) is 5.75 Å². The van der Waals surface area contributed by atoms with Crippen molar-refractivity contribution in [3.05, 3.63) is 66.1 Å². The van der Waals surface area contributed by atoms with E-state index >= 15 is 0 Å². The number of nitrogens with zero attached hydrogens (tertiary/aromatic N) is 2. The van der Waals surface area contributed by atoms with Crippen LogP contribution in [0.1, 0.15) is 17.6 Å². The highest BCUT2D eigenvalue weighted by atomic mass is 32.2. The van der Waals surface area contributed by atoms with Crippen molar-refractivity contribution in [2.45, 2.75) is 17.1 Å². The lowest BCUT2D eigenvalue weighted by Crippen LogP contribution is -2.21. The standard InChI is InChI=1S/C17H14N2O3S/c1-2-6-12(7-3-1)11-23-17-19-18-16(22-17)15-10-20-13-8-4-5-9-14(13)21-15/h1-9,15H,10-11H2. The molecule has 0 spiro atoms. The average Bonchev–Trinajstić information content (AvgIpc) is 3.09. The van der Waals surface area contributed by atoms with Gasteiger partial charge >= 0.3 is 0 Å². The Balaban J connectivity index is 1.42. The second-order valence-electron chi connectivity index (χ2n) is 5.04. The summed E-state index contributed by atoms with van der Waals surface area (Å²) < 4.78 is 17.2. The first-order chi connectivity index (χ1) is 11.4. The molecule has 23 heavy (non-hydrogen) atoms. The van der Waals surface area contributed by atoms with Crippen molar-refractivity contribution in [1.82, 2.24) is 10.2 Å². The highest BCUT2D eigenvalue weighted by molar-refractivity contribution is 7.98. The Kier molecular flexibility index (Phi) is 3.90. The Labute approximate surface area is 137 Å². The summed E-state index contributed by atoms with van der Waals surface area (Å²) in [6.07, 6.45) is -0.372. The van der Waals surface area contributed by atoms with Crippen LogP contribution in [0.4, 0.5) is 0 Å². The fourth-order valence-corrected chi connectivity index (χ4v) is 2.99. The second-order valence-corrected chi connectivity index (χ2v) is 5.97. The average molecular weight is 326 g/mol. The van der Waals surface area contributed by atoms with E-state index < -0.39 is 0 Å². The summed E-state index contributed by atoms with van der Waals surface area (Å²) in [4.78, 5) is 0. The number of aromatic nitrogens is 2. The maximum atomic E-state index is 5.86. The van der Waals surface area contributed by atoms with Gasteiger partial charge in [-0.2, -0.15) is 0 Å². The number of hydrogen-bond donors (Lipinski definition) is 0. The third kappa shape index (κ3) is 3.17. The Morgan fingerprint density at radius 3 is 2.61 bits per heavy atom. The van der Waals surface area contributed by atoms with E-state index in [0.717, 1.165) is 11.5 Å². The number of hydrogen-bond acceptors (Lipinski definition) is 6. The monoisotopic (exact) mass is 326 g/mol. The molecule has 2 aromatic carbocycles. The molecule has 3 aromatic rings. The number of ether oxygens (including phenoxy) is 2. The molecule has 0 N–H and O–H groups in total. The molecule has 0 radical (unpaired) electrons. The van der Waals surface area contributed by atoms with Crippen molar-refractivity contribution >= 4 is 11.8 Å². The summed E-state index contributed by atoms with van der Waals surface area (Å²) in [5.74, 6) is 2.66. The van der Waals surface area contributed by atoms with Crippen LogP contribution in [0, 0.1) is 0 Å². The van der Waals surface area contributed by atoms with Crippen LogP contribution in [0.25, 0.3) is 0 Å². The van der Waals surface area contributed by atoms with E-state index in [4.69, 9.17) is 13.9 Å². The molecule has 0 bridgehead atoms. The van der Waals surface area contributed by atoms with E-state index in [1.807, 2.05) is 42.5 Å². The topological polar surface area (TPSA) is 57.4 Å². The summed E-state index contributed by atoms with van der Waals surface area (Å²) in [6.45, 7) is 0.363. The zero-order valence-electron chi connectivity index (χ0n) is 12.2. The van der Waals surface area contributed by atoms with Crippen molar-refractivity contribution in [1.29, 1.82) is 0 Å². The molecular formula is C17H14N2O3S. The summed E-state index contributed by atoms with van der Waals surface area (Å²) in [6, 6.07) is 17.7. The van der Waals surface area contributed by atoms with Gasteiger partial charge in [0, 0.05) is 5.75 Å². The fraction of sp³-hybridized carbons (Fsp3) is 0.176. The SMILES string of the molecule is c1ccc(CSc2nnc(C3COc4ccccc4O3)o2)cc1. The number of rotatable bonds is 4. The van der Waals surface area contributed by atoms with Gasteiger partial charge in [0.2, 0.25) is 6.10 Å². The molecule has 2 heterocycles. The van der Waals surface area contributed by atoms with E-state index in [1.54, 1.807) is 0 Å². The molecule has 1 aromatic heterocycles.